The number of nitrogens with zero attached hydrogens (tertiary/aromatic N) is 2. The Bertz CT molecular complexity index is 1310. The van der Waals surface area contributed by atoms with Gasteiger partial charge in [0.05, 0.1) is 27.5 Å². The first kappa shape index (κ1) is 23.7. The number of hydrogen-bond acceptors (Lipinski definition) is 6. The second-order valence-corrected chi connectivity index (χ2v) is 9.89. The fourth-order valence-corrected chi connectivity index (χ4v) is 5.34. The average molecular weight is 483 g/mol. The zero-order valence-electron chi connectivity index (χ0n) is 17.1. The first-order valence-electron chi connectivity index (χ1n) is 9.70. The van der Waals surface area contributed by atoms with Crippen LogP contribution in [-0.4, -0.2) is 37.2 Å². The molecule has 0 bridgehead atoms. The number of fused-ring (bicyclic) bond motifs is 1. The SMILES string of the molecule is CCOC(=O)Cn1c(=NC(=O)CCCS(=O)(=O)c2ccc(F)cc2)sc2cc(F)ccc21. The number of carbonyl (C=O) groups excluding carboxylic acids is 2. The first-order valence-corrected chi connectivity index (χ1v) is 12.2. The third-order valence-electron chi connectivity index (χ3n) is 4.43. The molecule has 0 saturated carbocycles. The second kappa shape index (κ2) is 10.1. The van der Waals surface area contributed by atoms with Gasteiger partial charge in [-0.15, -0.1) is 0 Å². The summed E-state index contributed by atoms with van der Waals surface area (Å²) in [5.41, 5.74) is 0.523. The van der Waals surface area contributed by atoms with Gasteiger partial charge in [0.2, 0.25) is 5.91 Å². The summed E-state index contributed by atoms with van der Waals surface area (Å²) >= 11 is 1.04. The molecule has 0 spiro atoms. The van der Waals surface area contributed by atoms with Gasteiger partial charge in [-0.2, -0.15) is 4.99 Å². The third kappa shape index (κ3) is 5.86. The summed E-state index contributed by atoms with van der Waals surface area (Å²) in [4.78, 5) is 28.5. The van der Waals surface area contributed by atoms with Gasteiger partial charge in [-0.1, -0.05) is 11.3 Å². The van der Waals surface area contributed by atoms with E-state index in [4.69, 9.17) is 4.74 Å². The molecule has 1 heterocycles. The van der Waals surface area contributed by atoms with Gasteiger partial charge in [-0.25, -0.2) is 17.2 Å². The van der Waals surface area contributed by atoms with Crippen molar-refractivity contribution in [2.75, 3.05) is 12.4 Å². The predicted molar refractivity (Wildman–Crippen MR) is 115 cm³/mol. The zero-order chi connectivity index (χ0) is 23.3. The molecule has 0 aliphatic carbocycles. The number of thiazole rings is 1. The van der Waals surface area contributed by atoms with E-state index in [0.717, 1.165) is 23.5 Å². The molecule has 32 heavy (non-hydrogen) atoms. The molecule has 3 rings (SSSR count). The van der Waals surface area contributed by atoms with Gasteiger partial charge < -0.3 is 9.30 Å². The van der Waals surface area contributed by atoms with Crippen molar-refractivity contribution in [3.63, 3.8) is 0 Å². The normalized spacial score (nSPS) is 12.3. The Morgan fingerprint density at radius 2 is 1.78 bits per heavy atom. The molecule has 1 aromatic heterocycles. The molecule has 0 aliphatic rings. The van der Waals surface area contributed by atoms with Gasteiger partial charge in [-0.3, -0.25) is 9.59 Å². The number of carbonyl (C=O) groups is 2. The number of ether oxygens (including phenoxy) is 1. The fraction of sp³-hybridized carbons (Fsp3) is 0.286. The highest BCUT2D eigenvalue weighted by Crippen LogP contribution is 2.19. The Kier molecular flexibility index (Phi) is 7.52. The molecule has 170 valence electrons. The molecular weight excluding hydrogens is 462 g/mol. The quantitative estimate of drug-likeness (QED) is 0.363. The zero-order valence-corrected chi connectivity index (χ0v) is 18.7. The van der Waals surface area contributed by atoms with Crippen LogP contribution < -0.4 is 4.80 Å². The van der Waals surface area contributed by atoms with Crippen molar-refractivity contribution in [1.82, 2.24) is 4.57 Å². The van der Waals surface area contributed by atoms with Gasteiger partial charge in [0.1, 0.15) is 18.2 Å². The van der Waals surface area contributed by atoms with Crippen LogP contribution in [0.5, 0.6) is 0 Å². The van der Waals surface area contributed by atoms with Crippen molar-refractivity contribution in [2.24, 2.45) is 4.99 Å². The van der Waals surface area contributed by atoms with Gasteiger partial charge in [0.25, 0.3) is 0 Å². The van der Waals surface area contributed by atoms with E-state index in [-0.39, 0.29) is 41.4 Å². The molecule has 0 N–H and O–H groups in total. The van der Waals surface area contributed by atoms with E-state index < -0.39 is 33.3 Å². The molecule has 0 unspecified atom stereocenters. The molecule has 0 atom stereocenters. The summed E-state index contributed by atoms with van der Waals surface area (Å²) in [5.74, 6) is -2.43. The van der Waals surface area contributed by atoms with E-state index in [1.807, 2.05) is 0 Å². The van der Waals surface area contributed by atoms with Crippen molar-refractivity contribution in [3.05, 3.63) is 58.9 Å². The van der Waals surface area contributed by atoms with Crippen LogP contribution in [0, 0.1) is 11.6 Å². The van der Waals surface area contributed by atoms with Crippen LogP contribution in [0.3, 0.4) is 0 Å². The van der Waals surface area contributed by atoms with Crippen molar-refractivity contribution < 1.29 is 31.5 Å². The molecule has 0 saturated heterocycles. The molecule has 0 aliphatic heterocycles. The highest BCUT2D eigenvalue weighted by molar-refractivity contribution is 7.91. The molecular formula is C21H20F2N2O5S2. The smallest absolute Gasteiger partial charge is 0.326 e. The van der Waals surface area contributed by atoms with Crippen LogP contribution in [0.15, 0.2) is 52.4 Å². The molecule has 0 radical (unpaired) electrons. The maximum atomic E-state index is 13.6. The van der Waals surface area contributed by atoms with Crippen LogP contribution >= 0.6 is 11.3 Å². The van der Waals surface area contributed by atoms with Crippen molar-refractivity contribution in [3.8, 4) is 0 Å². The number of benzene rings is 2. The van der Waals surface area contributed by atoms with Crippen LogP contribution in [0.2, 0.25) is 0 Å². The van der Waals surface area contributed by atoms with Crippen molar-refractivity contribution in [1.29, 1.82) is 0 Å². The lowest BCUT2D eigenvalue weighted by Gasteiger charge is -2.05. The number of sulfone groups is 1. The highest BCUT2D eigenvalue weighted by atomic mass is 32.2. The van der Waals surface area contributed by atoms with Crippen molar-refractivity contribution >= 4 is 43.3 Å². The van der Waals surface area contributed by atoms with Gasteiger partial charge in [0, 0.05) is 6.42 Å². The lowest BCUT2D eigenvalue weighted by Crippen LogP contribution is -2.23. The predicted octanol–water partition coefficient (Wildman–Crippen LogP) is 3.23. The maximum absolute atomic E-state index is 13.6. The van der Waals surface area contributed by atoms with Crippen LogP contribution in [0.4, 0.5) is 8.78 Å². The Balaban J connectivity index is 1.78. The van der Waals surface area contributed by atoms with E-state index in [2.05, 4.69) is 4.99 Å². The minimum atomic E-state index is -3.67. The van der Waals surface area contributed by atoms with Crippen LogP contribution in [0.25, 0.3) is 10.2 Å². The number of esters is 1. The van der Waals surface area contributed by atoms with E-state index >= 15 is 0 Å². The second-order valence-electron chi connectivity index (χ2n) is 6.77. The molecule has 2 aromatic carbocycles. The lowest BCUT2D eigenvalue weighted by atomic mass is 10.3. The summed E-state index contributed by atoms with van der Waals surface area (Å²) in [7, 11) is -3.67. The summed E-state index contributed by atoms with van der Waals surface area (Å²) in [5, 5.41) is 0. The Morgan fingerprint density at radius 1 is 1.09 bits per heavy atom. The summed E-state index contributed by atoms with van der Waals surface area (Å²) < 4.78 is 58.1. The summed E-state index contributed by atoms with van der Waals surface area (Å²) in [6, 6.07) is 8.46. The maximum Gasteiger partial charge on any atom is 0.326 e. The summed E-state index contributed by atoms with van der Waals surface area (Å²) in [6.07, 6.45) is -0.137. The molecule has 11 heteroatoms. The van der Waals surface area contributed by atoms with E-state index in [1.54, 1.807) is 6.92 Å². The monoisotopic (exact) mass is 482 g/mol. The van der Waals surface area contributed by atoms with Crippen LogP contribution in [-0.2, 0) is 30.7 Å². The molecule has 7 nitrogen and oxygen atoms in total. The minimum absolute atomic E-state index is 0.0133. The Labute approximate surface area is 186 Å². The largest absolute Gasteiger partial charge is 0.465 e. The van der Waals surface area contributed by atoms with E-state index in [1.165, 1.54) is 34.9 Å². The van der Waals surface area contributed by atoms with Crippen LogP contribution in [0.1, 0.15) is 19.8 Å². The molecule has 0 fully saturated rings. The van der Waals surface area contributed by atoms with E-state index in [9.17, 15) is 26.8 Å². The lowest BCUT2D eigenvalue weighted by molar-refractivity contribution is -0.143. The fourth-order valence-electron chi connectivity index (χ4n) is 2.96. The van der Waals surface area contributed by atoms with Gasteiger partial charge in [-0.05, 0) is 55.8 Å². The number of hydrogen-bond donors (Lipinski definition) is 0. The van der Waals surface area contributed by atoms with E-state index in [0.29, 0.717) is 10.2 Å². The van der Waals surface area contributed by atoms with Crippen molar-refractivity contribution in [2.45, 2.75) is 31.2 Å². The third-order valence-corrected chi connectivity index (χ3v) is 7.29. The summed E-state index contributed by atoms with van der Waals surface area (Å²) in [6.45, 7) is 1.65. The standard InChI is InChI=1S/C21H20F2N2O5S2/c1-2-30-20(27)13-25-17-10-7-15(23)12-18(17)31-21(25)24-19(26)4-3-11-32(28,29)16-8-5-14(22)6-9-16/h5-10,12H,2-4,11,13H2,1H3. The molecule has 3 aromatic rings. The minimum Gasteiger partial charge on any atom is -0.465 e. The number of rotatable bonds is 8. The first-order chi connectivity index (χ1) is 15.2. The average Bonchev–Trinajstić information content (AvgIpc) is 3.04. The van der Waals surface area contributed by atoms with Gasteiger partial charge >= 0.3 is 5.97 Å². The Hall–Kier alpha value is -2.92. The highest BCUT2D eigenvalue weighted by Gasteiger charge is 2.16. The topological polar surface area (TPSA) is 94.8 Å². The Morgan fingerprint density at radius 3 is 2.47 bits per heavy atom. The number of aromatic nitrogens is 1. The number of amides is 1. The van der Waals surface area contributed by atoms with Gasteiger partial charge in [0.15, 0.2) is 14.6 Å². The molecule has 1 amide bonds. The number of halogens is 2.